The molecule has 212 valence electrons. The van der Waals surface area contributed by atoms with Crippen molar-refractivity contribution >= 4 is 50.2 Å². The summed E-state index contributed by atoms with van der Waals surface area (Å²) in [6.07, 6.45) is 1.13. The minimum Gasteiger partial charge on any atom is -0.491 e. The van der Waals surface area contributed by atoms with Crippen LogP contribution in [0.15, 0.2) is 18.2 Å². The Morgan fingerprint density at radius 1 is 1.23 bits per heavy atom. The Labute approximate surface area is 239 Å². The van der Waals surface area contributed by atoms with Gasteiger partial charge in [-0.15, -0.1) is 17.0 Å². The Balaban J connectivity index is 0.00000420. The fraction of sp³-hybridized carbons (Fsp3) is 0.462. The van der Waals surface area contributed by atoms with Crippen LogP contribution in [-0.2, 0) is 22.0 Å². The largest absolute Gasteiger partial charge is 0.491 e. The van der Waals surface area contributed by atoms with Gasteiger partial charge in [0.15, 0.2) is 17.2 Å². The topological polar surface area (TPSA) is 142 Å². The number of sulfonamides is 1. The zero-order valence-electron chi connectivity index (χ0n) is 22.9. The van der Waals surface area contributed by atoms with Crippen LogP contribution in [0.25, 0.3) is 0 Å². The number of fused-ring (bicyclic) bond motifs is 2. The van der Waals surface area contributed by atoms with Crippen LogP contribution in [0, 0.1) is 5.41 Å². The van der Waals surface area contributed by atoms with Crippen molar-refractivity contribution in [2.75, 3.05) is 43.9 Å². The van der Waals surface area contributed by atoms with Gasteiger partial charge in [-0.3, -0.25) is 19.3 Å². The monoisotopic (exact) mass is 623 g/mol. The second kappa shape index (κ2) is 11.1. The van der Waals surface area contributed by atoms with Gasteiger partial charge in [-0.25, -0.2) is 13.4 Å². The van der Waals surface area contributed by atoms with E-state index in [0.717, 1.165) is 11.8 Å². The third-order valence-corrected chi connectivity index (χ3v) is 7.63. The van der Waals surface area contributed by atoms with Gasteiger partial charge in [-0.1, -0.05) is 20.8 Å². The van der Waals surface area contributed by atoms with Crippen LogP contribution in [0.2, 0.25) is 0 Å². The second-order valence-corrected chi connectivity index (χ2v) is 12.2. The van der Waals surface area contributed by atoms with Crippen molar-refractivity contribution in [3.05, 3.63) is 46.3 Å². The molecule has 0 radical (unpaired) electrons. The van der Waals surface area contributed by atoms with Crippen molar-refractivity contribution in [1.82, 2.24) is 15.2 Å². The van der Waals surface area contributed by atoms with Gasteiger partial charge < -0.3 is 19.7 Å². The fourth-order valence-electron chi connectivity index (χ4n) is 4.60. The molecule has 0 spiro atoms. The summed E-state index contributed by atoms with van der Waals surface area (Å²) in [5, 5.41) is 11.2. The third-order valence-electron chi connectivity index (χ3n) is 6.45. The number of hydrogen-bond acceptors (Lipinski definition) is 8. The number of Topliss-reactive ketones (excluding diaryl/α,β-unsaturated/α-hetero) is 1. The number of ketones is 1. The summed E-state index contributed by atoms with van der Waals surface area (Å²) < 4.78 is 37.8. The number of nitrogens with zero attached hydrogens (tertiary/aromatic N) is 3. The molecule has 2 aliphatic heterocycles. The van der Waals surface area contributed by atoms with E-state index in [9.17, 15) is 18.0 Å². The first-order chi connectivity index (χ1) is 17.8. The average molecular weight is 625 g/mol. The number of carbonyl (C=O) groups excluding carboxylic acids is 2. The van der Waals surface area contributed by atoms with Crippen molar-refractivity contribution < 1.29 is 27.5 Å². The van der Waals surface area contributed by atoms with E-state index in [1.165, 1.54) is 11.4 Å². The Bertz CT molecular complexity index is 1440. The highest BCUT2D eigenvalue weighted by Crippen LogP contribution is 2.43. The van der Waals surface area contributed by atoms with Gasteiger partial charge in [0.25, 0.3) is 5.91 Å². The first-order valence-corrected chi connectivity index (χ1v) is 14.2. The van der Waals surface area contributed by atoms with Crippen molar-refractivity contribution in [2.24, 2.45) is 0 Å². The Morgan fingerprint density at radius 3 is 2.51 bits per heavy atom. The molecule has 2 N–H and O–H groups in total. The summed E-state index contributed by atoms with van der Waals surface area (Å²) in [6, 6.07) is 4.98. The number of amides is 1. The number of halogens is 1. The standard InChI is InChI=1S/C26H33N5O6S.BrH/c1-7-36-20-12-16-13-30(24(27)21(16)29-22(20)25(33)28-5)14-19(32)15-10-17(26(2,3)4)23-18(11-15)31(8-9-37-23)38(6,34)35;/h10-12,27H,7-9,13-14H2,1-6H3,(H,28,33);1H. The number of amidine groups is 1. The molecule has 0 fully saturated rings. The van der Waals surface area contributed by atoms with Gasteiger partial charge in [-0.05, 0) is 30.5 Å². The summed E-state index contributed by atoms with van der Waals surface area (Å²) >= 11 is 0. The van der Waals surface area contributed by atoms with Gasteiger partial charge >= 0.3 is 0 Å². The molecule has 0 aliphatic carbocycles. The lowest BCUT2D eigenvalue weighted by molar-refractivity contribution is 0.0949. The van der Waals surface area contributed by atoms with Crippen LogP contribution >= 0.6 is 17.0 Å². The fourth-order valence-corrected chi connectivity index (χ4v) is 5.50. The Hall–Kier alpha value is -3.19. The molecule has 1 aromatic heterocycles. The summed E-state index contributed by atoms with van der Waals surface area (Å²) in [7, 11) is -2.10. The van der Waals surface area contributed by atoms with Gasteiger partial charge in [0.05, 0.1) is 31.6 Å². The number of rotatable bonds is 7. The minimum absolute atomic E-state index is 0. The smallest absolute Gasteiger partial charge is 0.273 e. The molecular formula is C26H34BrN5O6S. The molecule has 0 saturated heterocycles. The lowest BCUT2D eigenvalue weighted by Gasteiger charge is -2.34. The van der Waals surface area contributed by atoms with Crippen molar-refractivity contribution in [3.8, 4) is 11.5 Å². The van der Waals surface area contributed by atoms with E-state index in [2.05, 4.69) is 10.3 Å². The minimum atomic E-state index is -3.59. The van der Waals surface area contributed by atoms with E-state index in [4.69, 9.17) is 14.9 Å². The van der Waals surface area contributed by atoms with Gasteiger partial charge in [0.2, 0.25) is 10.0 Å². The number of ether oxygens (including phenoxy) is 2. The van der Waals surface area contributed by atoms with E-state index in [-0.39, 0.29) is 60.5 Å². The normalized spacial score (nSPS) is 14.7. The molecule has 39 heavy (non-hydrogen) atoms. The summed E-state index contributed by atoms with van der Waals surface area (Å²) in [6.45, 7) is 8.54. The van der Waals surface area contributed by atoms with E-state index in [1.54, 1.807) is 30.0 Å². The number of pyridine rings is 1. The van der Waals surface area contributed by atoms with E-state index in [1.807, 2.05) is 20.8 Å². The first-order valence-electron chi connectivity index (χ1n) is 12.3. The zero-order chi connectivity index (χ0) is 28.0. The van der Waals surface area contributed by atoms with Crippen LogP contribution in [-0.4, -0.2) is 75.4 Å². The zero-order valence-corrected chi connectivity index (χ0v) is 25.4. The highest BCUT2D eigenvalue weighted by Gasteiger charge is 2.34. The molecule has 1 amide bonds. The SMILES string of the molecule is Br.CCOc1cc2c(nc1C(=O)NC)C(=N)N(CC(=O)c1cc3c(c(C(C)(C)C)c1)OCCN3S(C)(=O)=O)C2. The van der Waals surface area contributed by atoms with Crippen LogP contribution < -0.4 is 19.1 Å². The predicted molar refractivity (Wildman–Crippen MR) is 154 cm³/mol. The number of carbonyl (C=O) groups is 2. The van der Waals surface area contributed by atoms with E-state index < -0.39 is 21.3 Å². The molecule has 11 nitrogen and oxygen atoms in total. The number of benzene rings is 1. The van der Waals surface area contributed by atoms with E-state index in [0.29, 0.717) is 40.6 Å². The maximum Gasteiger partial charge on any atom is 0.273 e. The summed E-state index contributed by atoms with van der Waals surface area (Å²) in [5.74, 6) is 0.0847. The molecule has 0 unspecified atom stereocenters. The molecule has 0 atom stereocenters. The lowest BCUT2D eigenvalue weighted by atomic mass is 9.84. The number of anilines is 1. The van der Waals surface area contributed by atoms with Crippen molar-refractivity contribution in [3.63, 3.8) is 0 Å². The molecule has 13 heteroatoms. The predicted octanol–water partition coefficient (Wildman–Crippen LogP) is 2.90. The highest BCUT2D eigenvalue weighted by molar-refractivity contribution is 8.93. The van der Waals surface area contributed by atoms with Crippen molar-refractivity contribution in [1.29, 1.82) is 5.41 Å². The van der Waals surface area contributed by atoms with Crippen LogP contribution in [0.1, 0.15) is 65.4 Å². The summed E-state index contributed by atoms with van der Waals surface area (Å²) in [5.41, 5.74) is 2.04. The third kappa shape index (κ3) is 5.88. The molecule has 2 aliphatic rings. The quantitative estimate of drug-likeness (QED) is 0.448. The van der Waals surface area contributed by atoms with Gasteiger partial charge in [0, 0.05) is 30.3 Å². The Morgan fingerprint density at radius 2 is 1.92 bits per heavy atom. The number of aromatic nitrogens is 1. The number of nitrogens with one attached hydrogen (secondary N) is 2. The van der Waals surface area contributed by atoms with Crippen LogP contribution in [0.3, 0.4) is 0 Å². The molecular weight excluding hydrogens is 590 g/mol. The molecule has 0 bridgehead atoms. The van der Waals surface area contributed by atoms with E-state index >= 15 is 0 Å². The van der Waals surface area contributed by atoms with Crippen LogP contribution in [0.4, 0.5) is 5.69 Å². The molecule has 1 aromatic carbocycles. The highest BCUT2D eigenvalue weighted by atomic mass is 79.9. The molecule has 0 saturated carbocycles. The summed E-state index contributed by atoms with van der Waals surface area (Å²) in [4.78, 5) is 31.9. The molecule has 2 aromatic rings. The maximum absolute atomic E-state index is 13.6. The van der Waals surface area contributed by atoms with Gasteiger partial charge in [-0.2, -0.15) is 0 Å². The van der Waals surface area contributed by atoms with Crippen molar-refractivity contribution in [2.45, 2.75) is 39.7 Å². The second-order valence-electron chi connectivity index (χ2n) is 10.3. The lowest BCUT2D eigenvalue weighted by Crippen LogP contribution is -2.38. The molecule has 4 rings (SSSR count). The maximum atomic E-state index is 13.6. The Kier molecular flexibility index (Phi) is 8.66. The van der Waals surface area contributed by atoms with Gasteiger partial charge in [0.1, 0.15) is 23.9 Å². The number of hydrogen-bond donors (Lipinski definition) is 2. The molecule has 3 heterocycles. The van der Waals surface area contributed by atoms with Crippen LogP contribution in [0.5, 0.6) is 11.5 Å². The first kappa shape index (κ1) is 30.4. The average Bonchev–Trinajstić information content (AvgIpc) is 3.14.